The Morgan fingerprint density at radius 2 is 2.00 bits per heavy atom. The molecule has 13 heteroatoms. The van der Waals surface area contributed by atoms with Gasteiger partial charge in [-0.25, -0.2) is 8.42 Å². The van der Waals surface area contributed by atoms with Crippen molar-refractivity contribution in [2.75, 3.05) is 0 Å². The molecule has 1 heterocycles. The minimum Gasteiger partial charge on any atom is -0.395 e. The lowest BCUT2D eigenvalue weighted by Gasteiger charge is -2.11. The summed E-state index contributed by atoms with van der Waals surface area (Å²) in [5.74, 6) is -2.61. The van der Waals surface area contributed by atoms with E-state index in [0.29, 0.717) is 6.20 Å². The van der Waals surface area contributed by atoms with E-state index in [0.717, 1.165) is 22.6 Å². The van der Waals surface area contributed by atoms with Crippen molar-refractivity contribution in [2.24, 2.45) is 0 Å². The van der Waals surface area contributed by atoms with Crippen LogP contribution in [0.15, 0.2) is 11.1 Å². The minimum atomic E-state index is -5.25. The van der Waals surface area contributed by atoms with E-state index in [9.17, 15) is 31.7 Å². The van der Waals surface area contributed by atoms with Gasteiger partial charge in [0.05, 0.1) is 3.57 Å². The van der Waals surface area contributed by atoms with Gasteiger partial charge in [0, 0.05) is 10.7 Å². The highest BCUT2D eigenvalue weighted by Gasteiger charge is 2.38. The van der Waals surface area contributed by atoms with Crippen molar-refractivity contribution in [2.45, 2.75) is 11.3 Å². The van der Waals surface area contributed by atoms with Gasteiger partial charge in [0.15, 0.2) is 6.20 Å². The molecule has 0 atom stereocenters. The lowest BCUT2D eigenvalue weighted by Crippen LogP contribution is -2.19. The van der Waals surface area contributed by atoms with Crippen LogP contribution in [0.3, 0.4) is 0 Å². The highest BCUT2D eigenvalue weighted by molar-refractivity contribution is 14.1. The number of rotatable bonds is 3. The summed E-state index contributed by atoms with van der Waals surface area (Å²) >= 11 is 1.13. The first kappa shape index (κ1) is 16.2. The molecule has 0 radical (unpaired) electrons. The Balaban J connectivity index is 3.58. The first-order chi connectivity index (χ1) is 8.43. The van der Waals surface area contributed by atoms with Crippen molar-refractivity contribution < 1.29 is 31.2 Å². The van der Waals surface area contributed by atoms with Gasteiger partial charge < -0.3 is 14.9 Å². The molecule has 7 nitrogen and oxygen atoms in total. The zero-order valence-electron chi connectivity index (χ0n) is 8.31. The van der Waals surface area contributed by atoms with Gasteiger partial charge in [0.2, 0.25) is 5.75 Å². The fourth-order valence-electron chi connectivity index (χ4n) is 0.951. The third kappa shape index (κ3) is 4.04. The number of alkyl halides is 3. The predicted octanol–water partition coefficient (Wildman–Crippen LogP) is 2.42. The molecule has 0 aliphatic rings. The lowest BCUT2D eigenvalue weighted by molar-refractivity contribution is -0.393. The van der Waals surface area contributed by atoms with E-state index in [1.54, 1.807) is 0 Å². The number of nitro groups is 1. The fourth-order valence-corrected chi connectivity index (χ4v) is 3.54. The number of halogens is 5. The quantitative estimate of drug-likeness (QED) is 0.315. The Bertz CT molecular complexity index is 634. The highest BCUT2D eigenvalue weighted by atomic mass is 127. The van der Waals surface area contributed by atoms with Crippen molar-refractivity contribution in [3.8, 4) is 5.75 Å². The molecular weight excluding hydrogens is 431 g/mol. The van der Waals surface area contributed by atoms with Crippen LogP contribution in [0.4, 0.5) is 19.0 Å². The molecular formula is C6HClF3IN2O5S. The Morgan fingerprint density at radius 1 is 1.47 bits per heavy atom. The third-order valence-corrected chi connectivity index (χ3v) is 4.35. The van der Waals surface area contributed by atoms with Gasteiger partial charge in [-0.3, -0.25) is 0 Å². The Labute approximate surface area is 121 Å². The first-order valence-corrected chi connectivity index (χ1v) is 7.35. The standard InChI is InChI=1S/C6HClF3IN2O5S/c7-19(16,17)2-1-12-5(13(14)15)4(3(2)11)18-6(8,9)10/h1H. The monoisotopic (exact) mass is 432 g/mol. The largest absolute Gasteiger partial charge is 0.573 e. The maximum absolute atomic E-state index is 12.1. The van der Waals surface area contributed by atoms with E-state index >= 15 is 0 Å². The van der Waals surface area contributed by atoms with Crippen LogP contribution < -0.4 is 4.74 Å². The van der Waals surface area contributed by atoms with Gasteiger partial charge in [0.1, 0.15) is 4.90 Å². The lowest BCUT2D eigenvalue weighted by atomic mass is 10.4. The van der Waals surface area contributed by atoms with Crippen molar-refractivity contribution >= 4 is 48.1 Å². The van der Waals surface area contributed by atoms with Crippen molar-refractivity contribution in [1.29, 1.82) is 0 Å². The summed E-state index contributed by atoms with van der Waals surface area (Å²) in [5, 5.41) is 10.5. The van der Waals surface area contributed by atoms with E-state index in [2.05, 4.69) is 9.72 Å². The Morgan fingerprint density at radius 3 is 2.37 bits per heavy atom. The second-order valence-electron chi connectivity index (χ2n) is 2.83. The molecule has 106 valence electrons. The molecule has 0 unspecified atom stereocenters. The number of nitrogens with zero attached hydrogens (tertiary/aromatic N) is 2. The Kier molecular flexibility index (Phi) is 4.46. The van der Waals surface area contributed by atoms with Gasteiger partial charge >= 0.3 is 12.2 Å². The molecule has 0 N–H and O–H groups in total. The van der Waals surface area contributed by atoms with Crippen LogP contribution in [0.2, 0.25) is 0 Å². The molecule has 0 fully saturated rings. The van der Waals surface area contributed by atoms with E-state index in [1.165, 1.54) is 0 Å². The molecule has 0 saturated heterocycles. The van der Waals surface area contributed by atoms with E-state index < -0.39 is 40.4 Å². The van der Waals surface area contributed by atoms with Gasteiger partial charge in [-0.05, 0) is 32.5 Å². The zero-order valence-corrected chi connectivity index (χ0v) is 12.0. The molecule has 0 aliphatic carbocycles. The van der Waals surface area contributed by atoms with Crippen LogP contribution in [0, 0.1) is 13.7 Å². The number of hydrogen-bond acceptors (Lipinski definition) is 6. The summed E-state index contributed by atoms with van der Waals surface area (Å²) in [6.07, 6.45) is -4.77. The second-order valence-corrected chi connectivity index (χ2v) is 6.45. The molecule has 0 spiro atoms. The summed E-state index contributed by atoms with van der Waals surface area (Å²) in [5.41, 5.74) is 0. The number of ether oxygens (including phenoxy) is 1. The summed E-state index contributed by atoms with van der Waals surface area (Å²) in [4.78, 5) is 11.5. The van der Waals surface area contributed by atoms with Crippen LogP contribution in [-0.4, -0.2) is 24.7 Å². The van der Waals surface area contributed by atoms with Crippen LogP contribution in [-0.2, 0) is 9.05 Å². The number of hydrogen-bond donors (Lipinski definition) is 0. The molecule has 0 aliphatic heterocycles. The van der Waals surface area contributed by atoms with E-state index in [1.807, 2.05) is 0 Å². The maximum atomic E-state index is 12.1. The average molecular weight is 433 g/mol. The molecule has 0 aromatic carbocycles. The summed E-state index contributed by atoms with van der Waals surface area (Å²) < 4.78 is 61.3. The van der Waals surface area contributed by atoms with Crippen molar-refractivity contribution in [3.63, 3.8) is 0 Å². The van der Waals surface area contributed by atoms with Crippen LogP contribution in [0.1, 0.15) is 0 Å². The molecule has 0 amide bonds. The Hall–Kier alpha value is -0.890. The summed E-state index contributed by atoms with van der Waals surface area (Å²) in [6, 6.07) is 0. The summed E-state index contributed by atoms with van der Waals surface area (Å²) in [7, 11) is 0.538. The van der Waals surface area contributed by atoms with Crippen LogP contribution >= 0.6 is 33.3 Å². The normalized spacial score (nSPS) is 12.3. The minimum absolute atomic E-state index is 0.478. The molecule has 1 rings (SSSR count). The smallest absolute Gasteiger partial charge is 0.395 e. The average Bonchev–Trinajstić information content (AvgIpc) is 2.16. The second kappa shape index (κ2) is 5.24. The maximum Gasteiger partial charge on any atom is 0.573 e. The molecule has 1 aromatic rings. The summed E-state index contributed by atoms with van der Waals surface area (Å²) in [6.45, 7) is 0. The van der Waals surface area contributed by atoms with Crippen LogP contribution in [0.25, 0.3) is 0 Å². The third-order valence-electron chi connectivity index (χ3n) is 1.58. The molecule has 0 saturated carbocycles. The first-order valence-electron chi connectivity index (χ1n) is 3.97. The number of aromatic nitrogens is 1. The van der Waals surface area contributed by atoms with Gasteiger partial charge in [-0.1, -0.05) is 0 Å². The molecule has 1 aromatic heterocycles. The van der Waals surface area contributed by atoms with Gasteiger partial charge in [-0.15, -0.1) is 13.2 Å². The van der Waals surface area contributed by atoms with Gasteiger partial charge in [0.25, 0.3) is 9.05 Å². The van der Waals surface area contributed by atoms with Gasteiger partial charge in [-0.2, -0.15) is 0 Å². The fraction of sp³-hybridized carbons (Fsp3) is 0.167. The van der Waals surface area contributed by atoms with Crippen LogP contribution in [0.5, 0.6) is 5.75 Å². The predicted molar refractivity (Wildman–Crippen MR) is 63.3 cm³/mol. The van der Waals surface area contributed by atoms with E-state index in [4.69, 9.17) is 10.7 Å². The highest BCUT2D eigenvalue weighted by Crippen LogP contribution is 2.38. The van der Waals surface area contributed by atoms with Crippen molar-refractivity contribution in [1.82, 2.24) is 4.98 Å². The molecule has 19 heavy (non-hydrogen) atoms. The zero-order chi connectivity index (χ0) is 15.0. The topological polar surface area (TPSA) is 99.4 Å². The number of pyridine rings is 1. The molecule has 0 bridgehead atoms. The van der Waals surface area contributed by atoms with Crippen molar-refractivity contribution in [3.05, 3.63) is 19.9 Å². The SMILES string of the molecule is O=[N+]([O-])c1ncc(S(=O)(=O)Cl)c(I)c1OC(F)(F)F. The van der Waals surface area contributed by atoms with E-state index in [-0.39, 0.29) is 0 Å².